The molecule has 2 rings (SSSR count). The van der Waals surface area contributed by atoms with Gasteiger partial charge in [-0.05, 0) is 5.92 Å². The first-order chi connectivity index (χ1) is 6.75. The van der Waals surface area contributed by atoms with Crippen molar-refractivity contribution in [3.63, 3.8) is 0 Å². The Kier molecular flexibility index (Phi) is 3.32. The van der Waals surface area contributed by atoms with Crippen molar-refractivity contribution >= 4 is 0 Å². The van der Waals surface area contributed by atoms with Crippen molar-refractivity contribution < 1.29 is 29.0 Å². The average molecular weight is 205 g/mol. The van der Waals surface area contributed by atoms with Gasteiger partial charge in [-0.3, -0.25) is 0 Å². The van der Waals surface area contributed by atoms with E-state index >= 15 is 0 Å². The zero-order chi connectivity index (χ0) is 9.97. The molecule has 2 saturated heterocycles. The second kappa shape index (κ2) is 4.52. The van der Waals surface area contributed by atoms with Crippen LogP contribution in [0.25, 0.3) is 0 Å². The summed E-state index contributed by atoms with van der Waals surface area (Å²) in [7, 11) is 0. The molecule has 2 aliphatic heterocycles. The van der Waals surface area contributed by atoms with Crippen LogP contribution in [-0.4, -0.2) is 18.9 Å². The van der Waals surface area contributed by atoms with Crippen LogP contribution < -0.4 is 0 Å². The summed E-state index contributed by atoms with van der Waals surface area (Å²) in [6.45, 7) is 5.21. The maximum Gasteiger partial charge on any atom is 0.248 e. The molecule has 0 aromatic carbocycles. The Morgan fingerprint density at radius 2 is 2.00 bits per heavy atom. The Bertz CT molecular complexity index is 179. The van der Waals surface area contributed by atoms with Gasteiger partial charge in [-0.2, -0.15) is 14.7 Å². The highest BCUT2D eigenvalue weighted by atomic mass is 17.3. The molecule has 6 heteroatoms. The molecule has 0 aliphatic carbocycles. The Labute approximate surface area is 81.8 Å². The van der Waals surface area contributed by atoms with Crippen molar-refractivity contribution in [2.45, 2.75) is 39.1 Å². The monoisotopic (exact) mass is 205 g/mol. The second-order valence-electron chi connectivity index (χ2n) is 3.55. The molecule has 0 saturated carbocycles. The standard InChI is InChI=1S/C8H13O6/c1-5(2)3-6-11-8(14-12-6)7-9-4-10-13-7/h4-8H,3H2,1-2H3. The molecule has 3 atom stereocenters. The van der Waals surface area contributed by atoms with Gasteiger partial charge in [-0.15, -0.1) is 0 Å². The van der Waals surface area contributed by atoms with Crippen LogP contribution in [0.1, 0.15) is 20.3 Å². The smallest absolute Gasteiger partial charge is 0.248 e. The van der Waals surface area contributed by atoms with E-state index in [2.05, 4.69) is 23.6 Å². The van der Waals surface area contributed by atoms with Gasteiger partial charge in [-0.1, -0.05) is 13.8 Å². The van der Waals surface area contributed by atoms with E-state index in [4.69, 9.17) is 19.2 Å². The highest BCUT2D eigenvalue weighted by Gasteiger charge is 2.39. The van der Waals surface area contributed by atoms with E-state index in [1.54, 1.807) is 0 Å². The largest absolute Gasteiger partial charge is 0.313 e. The van der Waals surface area contributed by atoms with Crippen LogP contribution in [0.2, 0.25) is 0 Å². The molecule has 2 heterocycles. The molecule has 0 bridgehead atoms. The first kappa shape index (κ1) is 10.3. The minimum Gasteiger partial charge on any atom is -0.313 e. The maximum absolute atomic E-state index is 5.36. The zero-order valence-corrected chi connectivity index (χ0v) is 8.04. The van der Waals surface area contributed by atoms with Crippen LogP contribution in [0.3, 0.4) is 0 Å². The average Bonchev–Trinajstić information content (AvgIpc) is 2.69. The van der Waals surface area contributed by atoms with Gasteiger partial charge in [0.25, 0.3) is 0 Å². The molecule has 81 valence electrons. The highest BCUT2D eigenvalue weighted by Crippen LogP contribution is 2.25. The fraction of sp³-hybridized carbons (Fsp3) is 0.875. The molecule has 1 radical (unpaired) electrons. The van der Waals surface area contributed by atoms with Crippen molar-refractivity contribution in [2.24, 2.45) is 5.92 Å². The SMILES string of the molecule is CC(C)CC1OOC(C2O[CH]OO2)O1. The summed E-state index contributed by atoms with van der Waals surface area (Å²) >= 11 is 0. The minimum absolute atomic E-state index is 0.368. The van der Waals surface area contributed by atoms with E-state index in [9.17, 15) is 0 Å². The molecular weight excluding hydrogens is 192 g/mol. The molecule has 3 unspecified atom stereocenters. The van der Waals surface area contributed by atoms with Crippen molar-refractivity contribution in [3.8, 4) is 0 Å². The van der Waals surface area contributed by atoms with Crippen LogP contribution >= 0.6 is 0 Å². The van der Waals surface area contributed by atoms with Crippen molar-refractivity contribution in [3.05, 3.63) is 6.79 Å². The zero-order valence-electron chi connectivity index (χ0n) is 8.04. The predicted molar refractivity (Wildman–Crippen MR) is 41.6 cm³/mol. The lowest BCUT2D eigenvalue weighted by molar-refractivity contribution is -0.357. The van der Waals surface area contributed by atoms with E-state index in [1.165, 1.54) is 0 Å². The van der Waals surface area contributed by atoms with Gasteiger partial charge in [0.05, 0.1) is 0 Å². The van der Waals surface area contributed by atoms with Gasteiger partial charge in [0.15, 0.2) is 6.29 Å². The van der Waals surface area contributed by atoms with Crippen molar-refractivity contribution in [1.82, 2.24) is 0 Å². The summed E-state index contributed by atoms with van der Waals surface area (Å²) in [5, 5.41) is 0. The minimum atomic E-state index is -0.716. The van der Waals surface area contributed by atoms with Crippen LogP contribution in [0.5, 0.6) is 0 Å². The third kappa shape index (κ3) is 2.41. The van der Waals surface area contributed by atoms with Crippen LogP contribution in [0.4, 0.5) is 0 Å². The summed E-state index contributed by atoms with van der Waals surface area (Å²) in [6.07, 6.45) is -1.02. The summed E-state index contributed by atoms with van der Waals surface area (Å²) < 4.78 is 10.3. The molecule has 0 spiro atoms. The van der Waals surface area contributed by atoms with E-state index in [0.29, 0.717) is 5.92 Å². The summed E-state index contributed by atoms with van der Waals surface area (Å²) in [4.78, 5) is 18.9. The Morgan fingerprint density at radius 1 is 1.14 bits per heavy atom. The van der Waals surface area contributed by atoms with Gasteiger partial charge < -0.3 is 9.47 Å². The second-order valence-corrected chi connectivity index (χ2v) is 3.55. The highest BCUT2D eigenvalue weighted by molar-refractivity contribution is 4.59. The lowest BCUT2D eigenvalue weighted by Gasteiger charge is -2.11. The van der Waals surface area contributed by atoms with Gasteiger partial charge >= 0.3 is 0 Å². The Hall–Kier alpha value is -0.240. The van der Waals surface area contributed by atoms with Gasteiger partial charge in [0.1, 0.15) is 0 Å². The molecule has 6 nitrogen and oxygen atoms in total. The van der Waals surface area contributed by atoms with E-state index in [1.807, 2.05) is 0 Å². The lowest BCUT2D eigenvalue weighted by Crippen LogP contribution is -2.28. The Morgan fingerprint density at radius 3 is 2.64 bits per heavy atom. The van der Waals surface area contributed by atoms with Gasteiger partial charge in [0.2, 0.25) is 19.4 Å². The van der Waals surface area contributed by atoms with Crippen LogP contribution in [0, 0.1) is 12.7 Å². The maximum atomic E-state index is 5.36. The van der Waals surface area contributed by atoms with E-state index in [-0.39, 0.29) is 6.29 Å². The normalized spacial score (nSPS) is 38.4. The van der Waals surface area contributed by atoms with E-state index < -0.39 is 12.6 Å². The van der Waals surface area contributed by atoms with Gasteiger partial charge in [-0.25, -0.2) is 4.89 Å². The van der Waals surface area contributed by atoms with Crippen molar-refractivity contribution in [2.75, 3.05) is 0 Å². The number of rotatable bonds is 3. The molecule has 0 aromatic heterocycles. The third-order valence-corrected chi connectivity index (χ3v) is 1.81. The molecule has 0 N–H and O–H groups in total. The third-order valence-electron chi connectivity index (χ3n) is 1.81. The quantitative estimate of drug-likeness (QED) is 0.643. The van der Waals surface area contributed by atoms with Crippen LogP contribution in [-0.2, 0) is 29.0 Å². The molecule has 2 aliphatic rings. The summed E-state index contributed by atoms with van der Waals surface area (Å²) in [5.41, 5.74) is 0. The molecule has 2 fully saturated rings. The topological polar surface area (TPSA) is 55.4 Å². The molecule has 0 aromatic rings. The van der Waals surface area contributed by atoms with Crippen molar-refractivity contribution in [1.29, 1.82) is 0 Å². The molecule has 0 amide bonds. The van der Waals surface area contributed by atoms with Crippen LogP contribution in [0.15, 0.2) is 0 Å². The molecular formula is C8H13O6. The Balaban J connectivity index is 1.76. The fourth-order valence-electron chi connectivity index (χ4n) is 1.19. The number of ether oxygens (including phenoxy) is 2. The number of hydrogen-bond donors (Lipinski definition) is 0. The van der Waals surface area contributed by atoms with E-state index in [0.717, 1.165) is 13.2 Å². The number of hydrogen-bond acceptors (Lipinski definition) is 6. The molecule has 14 heavy (non-hydrogen) atoms. The predicted octanol–water partition coefficient (Wildman–Crippen LogP) is 1.09. The summed E-state index contributed by atoms with van der Waals surface area (Å²) in [6, 6.07) is 0. The summed E-state index contributed by atoms with van der Waals surface area (Å²) in [5.74, 6) is 0.468. The first-order valence-corrected chi connectivity index (χ1v) is 4.52. The lowest BCUT2D eigenvalue weighted by atomic mass is 10.1. The van der Waals surface area contributed by atoms with Gasteiger partial charge in [0, 0.05) is 6.42 Å². The first-order valence-electron chi connectivity index (χ1n) is 4.52. The fourth-order valence-corrected chi connectivity index (χ4v) is 1.19.